The van der Waals surface area contributed by atoms with E-state index in [1.165, 1.54) is 90.4 Å². The molecule has 0 bridgehead atoms. The first-order valence-electron chi connectivity index (χ1n) is 15.7. The summed E-state index contributed by atoms with van der Waals surface area (Å²) in [4.78, 5) is 23.6. The van der Waals surface area contributed by atoms with Gasteiger partial charge in [-0.2, -0.15) is 0 Å². The van der Waals surface area contributed by atoms with E-state index in [1.54, 1.807) is 0 Å². The molecule has 0 aliphatic carbocycles. The molecule has 0 spiro atoms. The average molecular weight is 584 g/mol. The molecule has 0 fully saturated rings. The number of benzene rings is 1. The molecular weight excluding hydrogens is 525 g/mol. The van der Waals surface area contributed by atoms with Gasteiger partial charge >= 0.3 is 14.6 Å². The third-order valence-electron chi connectivity index (χ3n) is 6.85. The Bertz CT molecular complexity index is 735. The van der Waals surface area contributed by atoms with E-state index in [0.29, 0.717) is 6.61 Å². The van der Waals surface area contributed by atoms with Crippen LogP contribution in [-0.2, 0) is 25.0 Å². The fourth-order valence-electron chi connectivity index (χ4n) is 4.60. The number of nitrogens with zero attached hydrogens (tertiary/aromatic N) is 1. The molecule has 0 heterocycles. The van der Waals surface area contributed by atoms with Crippen LogP contribution < -0.4 is 4.74 Å². The molecule has 1 rings (SSSR count). The smallest absolute Gasteiger partial charge is 0.329 e. The molecular formula is C32H58NO6P. The topological polar surface area (TPSA) is 77.5 Å². The second-order valence-corrected chi connectivity index (χ2v) is 12.0. The highest BCUT2D eigenvalue weighted by atomic mass is 31.2. The van der Waals surface area contributed by atoms with Gasteiger partial charge in [0.05, 0.1) is 13.2 Å². The molecule has 0 radical (unpaired) electrons. The third kappa shape index (κ3) is 21.5. The maximum absolute atomic E-state index is 11.6. The van der Waals surface area contributed by atoms with E-state index in [2.05, 4.69) is 17.9 Å². The molecule has 2 atom stereocenters. The van der Waals surface area contributed by atoms with Crippen LogP contribution in [0.4, 0.5) is 0 Å². The summed E-state index contributed by atoms with van der Waals surface area (Å²) >= 11 is 0. The Morgan fingerprint density at radius 1 is 0.825 bits per heavy atom. The lowest BCUT2D eigenvalue weighted by Gasteiger charge is -2.20. The van der Waals surface area contributed by atoms with E-state index in [9.17, 15) is 9.69 Å². The highest BCUT2D eigenvalue weighted by Crippen LogP contribution is 2.33. The zero-order valence-corrected chi connectivity index (χ0v) is 26.8. The number of rotatable bonds is 27. The largest absolute Gasteiger partial charge is 0.489 e. The van der Waals surface area contributed by atoms with Crippen LogP contribution in [0.25, 0.3) is 0 Å². The molecule has 7 nitrogen and oxygen atoms in total. The maximum atomic E-state index is 11.6. The molecule has 0 aliphatic rings. The Morgan fingerprint density at radius 2 is 1.40 bits per heavy atom. The summed E-state index contributed by atoms with van der Waals surface area (Å²) in [5.41, 5.74) is 1.16. The first kappa shape index (κ1) is 36.8. The van der Waals surface area contributed by atoms with Crippen molar-refractivity contribution >= 4 is 14.6 Å². The second kappa shape index (κ2) is 25.5. The number of hydrogen-bond donors (Lipinski definition) is 1. The minimum Gasteiger partial charge on any atom is -0.489 e. The quantitative estimate of drug-likeness (QED) is 0.0635. The van der Waals surface area contributed by atoms with Gasteiger partial charge in [0.1, 0.15) is 12.4 Å². The van der Waals surface area contributed by atoms with Crippen LogP contribution in [0, 0.1) is 0 Å². The monoisotopic (exact) mass is 583 g/mol. The van der Waals surface area contributed by atoms with Crippen molar-refractivity contribution in [3.05, 3.63) is 29.8 Å². The third-order valence-corrected chi connectivity index (χ3v) is 7.63. The Morgan fingerprint density at radius 3 is 1.98 bits per heavy atom. The number of hydrogen-bond acceptors (Lipinski definition) is 7. The molecule has 0 saturated carbocycles. The lowest BCUT2D eigenvalue weighted by atomic mass is 10.0. The highest BCUT2D eigenvalue weighted by molar-refractivity contribution is 7.40. The molecule has 0 aliphatic heterocycles. The van der Waals surface area contributed by atoms with Gasteiger partial charge in [-0.3, -0.25) is 4.79 Å². The van der Waals surface area contributed by atoms with E-state index in [4.69, 9.17) is 18.5 Å². The predicted octanol–water partition coefficient (Wildman–Crippen LogP) is 8.23. The summed E-state index contributed by atoms with van der Waals surface area (Å²) in [6.45, 7) is 5.07. The lowest BCUT2D eigenvalue weighted by molar-refractivity contribution is -0.149. The van der Waals surface area contributed by atoms with Crippen molar-refractivity contribution in [2.24, 2.45) is 0 Å². The fourth-order valence-corrected chi connectivity index (χ4v) is 5.26. The highest BCUT2D eigenvalue weighted by Gasteiger charge is 2.18. The van der Waals surface area contributed by atoms with Gasteiger partial charge in [0.15, 0.2) is 6.10 Å². The van der Waals surface area contributed by atoms with Crippen molar-refractivity contribution in [3.8, 4) is 5.75 Å². The van der Waals surface area contributed by atoms with E-state index in [1.807, 2.05) is 32.3 Å². The van der Waals surface area contributed by atoms with Gasteiger partial charge in [0.25, 0.3) is 0 Å². The molecule has 0 saturated heterocycles. The van der Waals surface area contributed by atoms with Gasteiger partial charge in [-0.15, -0.1) is 0 Å². The van der Waals surface area contributed by atoms with E-state index in [-0.39, 0.29) is 13.2 Å². The number of carbonyl (C=O) groups excluding carboxylic acids is 1. The fraction of sp³-hybridized carbons (Fsp3) is 0.781. The van der Waals surface area contributed by atoms with Crippen LogP contribution >= 0.6 is 8.60 Å². The van der Waals surface area contributed by atoms with Gasteiger partial charge in [-0.25, -0.2) is 0 Å². The van der Waals surface area contributed by atoms with Gasteiger partial charge in [-0.1, -0.05) is 109 Å². The van der Waals surface area contributed by atoms with Crippen molar-refractivity contribution < 1.29 is 28.2 Å². The van der Waals surface area contributed by atoms with Crippen LogP contribution in [0.5, 0.6) is 5.75 Å². The molecule has 1 aromatic rings. The maximum Gasteiger partial charge on any atom is 0.329 e. The SMILES string of the molecule is CCCCCCCCCCCCCCCCc1ccccc1OCC(COP(O)OCCCN(C)C)OC(C)=O. The van der Waals surface area contributed by atoms with E-state index in [0.717, 1.165) is 37.1 Å². The Balaban J connectivity index is 2.25. The van der Waals surface area contributed by atoms with Gasteiger partial charge < -0.3 is 28.3 Å². The summed E-state index contributed by atoms with van der Waals surface area (Å²) in [6.07, 6.45) is 20.0. The molecule has 2 unspecified atom stereocenters. The summed E-state index contributed by atoms with van der Waals surface area (Å²) in [6, 6.07) is 8.04. The number of para-hydroxylation sites is 1. The first-order chi connectivity index (χ1) is 19.4. The Hall–Kier alpha value is -1.24. The molecule has 1 N–H and O–H groups in total. The number of esters is 1. The number of carbonyl (C=O) groups is 1. The van der Waals surface area contributed by atoms with Crippen LogP contribution in [0.1, 0.15) is 116 Å². The van der Waals surface area contributed by atoms with Gasteiger partial charge in [0.2, 0.25) is 0 Å². The summed E-state index contributed by atoms with van der Waals surface area (Å²) < 4.78 is 22.2. The number of ether oxygens (including phenoxy) is 2. The van der Waals surface area contributed by atoms with Crippen molar-refractivity contribution in [2.45, 2.75) is 123 Å². The molecule has 8 heteroatoms. The van der Waals surface area contributed by atoms with Crippen LogP contribution in [0.15, 0.2) is 24.3 Å². The minimum atomic E-state index is -2.03. The summed E-state index contributed by atoms with van der Waals surface area (Å²) in [7, 11) is 1.94. The summed E-state index contributed by atoms with van der Waals surface area (Å²) in [5.74, 6) is 0.391. The van der Waals surface area contributed by atoms with Crippen molar-refractivity contribution in [2.75, 3.05) is 40.5 Å². The Kier molecular flexibility index (Phi) is 23.4. The van der Waals surface area contributed by atoms with Crippen LogP contribution in [0.2, 0.25) is 0 Å². The standard InChI is InChI=1S/C32H58NO6P/c1-5-6-7-8-9-10-11-12-13-14-15-16-17-18-22-30-23-19-20-24-32(30)36-27-31(39-29(2)34)28-38-40(35)37-26-21-25-33(3)4/h19-20,23-24,31,35H,5-18,21-22,25-28H2,1-4H3. The summed E-state index contributed by atoms with van der Waals surface area (Å²) in [5, 5.41) is 0. The molecule has 0 aromatic heterocycles. The average Bonchev–Trinajstić information content (AvgIpc) is 2.93. The zero-order chi connectivity index (χ0) is 29.3. The van der Waals surface area contributed by atoms with E-state index < -0.39 is 20.7 Å². The number of aryl methyl sites for hydroxylation is 1. The van der Waals surface area contributed by atoms with E-state index >= 15 is 0 Å². The van der Waals surface area contributed by atoms with Crippen molar-refractivity contribution in [3.63, 3.8) is 0 Å². The first-order valence-corrected chi connectivity index (χ1v) is 16.8. The normalized spacial score (nSPS) is 12.9. The molecule has 40 heavy (non-hydrogen) atoms. The lowest BCUT2D eigenvalue weighted by Crippen LogP contribution is -2.28. The van der Waals surface area contributed by atoms with Crippen LogP contribution in [0.3, 0.4) is 0 Å². The van der Waals surface area contributed by atoms with Gasteiger partial charge in [0, 0.05) is 6.92 Å². The Labute approximate surface area is 246 Å². The van der Waals surface area contributed by atoms with Crippen molar-refractivity contribution in [1.82, 2.24) is 4.90 Å². The number of unbranched alkanes of at least 4 members (excludes halogenated alkanes) is 13. The second-order valence-electron chi connectivity index (χ2n) is 11.0. The van der Waals surface area contributed by atoms with Crippen LogP contribution in [-0.4, -0.2) is 62.3 Å². The molecule has 232 valence electrons. The predicted molar refractivity (Wildman–Crippen MR) is 166 cm³/mol. The zero-order valence-electron chi connectivity index (χ0n) is 25.9. The minimum absolute atomic E-state index is 0.0105. The van der Waals surface area contributed by atoms with Crippen molar-refractivity contribution in [1.29, 1.82) is 0 Å². The van der Waals surface area contributed by atoms with Gasteiger partial charge in [-0.05, 0) is 51.5 Å². The molecule has 1 aromatic carbocycles. The molecule has 0 amide bonds.